The van der Waals surface area contributed by atoms with Crippen molar-refractivity contribution in [3.63, 3.8) is 0 Å². The van der Waals surface area contributed by atoms with E-state index in [1.165, 1.54) is 6.92 Å². The summed E-state index contributed by atoms with van der Waals surface area (Å²) >= 11 is 10.2. The minimum absolute atomic E-state index is 0.0567. The molecular weight excluding hydrogens is 232 g/mol. The summed E-state index contributed by atoms with van der Waals surface area (Å²) in [4.78, 5) is 22.6. The highest BCUT2D eigenvalue weighted by Gasteiger charge is 2.22. The highest BCUT2D eigenvalue weighted by atomic mass is 35.5. The predicted molar refractivity (Wildman–Crippen MR) is 63.4 cm³/mol. The summed E-state index contributed by atoms with van der Waals surface area (Å²) in [6, 6.07) is 8.59. The zero-order valence-corrected chi connectivity index (χ0v) is 9.64. The van der Waals surface area contributed by atoms with E-state index in [0.29, 0.717) is 5.56 Å². The van der Waals surface area contributed by atoms with Crippen LogP contribution in [0, 0.1) is 5.92 Å². The van der Waals surface area contributed by atoms with Crippen LogP contribution in [0.1, 0.15) is 17.3 Å². The standard InChI is InChI=1S/C11H9ClO2S/c1-7(11(12)14)10(15)9(13)8-5-3-2-4-6-8/h2-7H,1H3. The van der Waals surface area contributed by atoms with Crippen molar-refractivity contribution in [1.82, 2.24) is 0 Å². The summed E-state index contributed by atoms with van der Waals surface area (Å²) in [6.07, 6.45) is 0. The molecule has 0 bridgehead atoms. The second-order valence-corrected chi connectivity index (χ2v) is 3.90. The average Bonchev–Trinajstić information content (AvgIpc) is 2.27. The Hall–Kier alpha value is -1.06. The minimum Gasteiger partial charge on any atom is -0.288 e. The summed E-state index contributed by atoms with van der Waals surface area (Å²) in [6.45, 7) is 1.53. The fourth-order valence-corrected chi connectivity index (χ4v) is 1.43. The number of rotatable bonds is 4. The van der Waals surface area contributed by atoms with Gasteiger partial charge in [-0.25, -0.2) is 0 Å². The molecule has 0 saturated heterocycles. The van der Waals surface area contributed by atoms with Gasteiger partial charge in [-0.3, -0.25) is 9.59 Å². The number of Topliss-reactive ketones (excluding diaryl/α,β-unsaturated/α-hetero) is 1. The molecule has 0 aliphatic heterocycles. The Bertz CT molecular complexity index is 400. The predicted octanol–water partition coefficient (Wildman–Crippen LogP) is 2.64. The lowest BCUT2D eigenvalue weighted by molar-refractivity contribution is -0.112. The van der Waals surface area contributed by atoms with Gasteiger partial charge in [-0.2, -0.15) is 0 Å². The molecule has 2 nitrogen and oxygen atoms in total. The molecule has 15 heavy (non-hydrogen) atoms. The number of thiocarbonyl (C=S) groups is 1. The van der Waals surface area contributed by atoms with Gasteiger partial charge in [-0.1, -0.05) is 42.5 Å². The van der Waals surface area contributed by atoms with Gasteiger partial charge >= 0.3 is 0 Å². The Morgan fingerprint density at radius 3 is 2.27 bits per heavy atom. The van der Waals surface area contributed by atoms with Gasteiger partial charge in [-0.05, 0) is 18.5 Å². The average molecular weight is 241 g/mol. The molecule has 1 unspecified atom stereocenters. The Kier molecular flexibility index (Phi) is 4.12. The third-order valence-corrected chi connectivity index (χ3v) is 2.86. The normalized spacial score (nSPS) is 11.9. The van der Waals surface area contributed by atoms with Crippen molar-refractivity contribution in [1.29, 1.82) is 0 Å². The van der Waals surface area contributed by atoms with Crippen LogP contribution in [-0.4, -0.2) is 15.9 Å². The molecule has 1 aromatic rings. The van der Waals surface area contributed by atoms with Crippen molar-refractivity contribution in [2.75, 3.05) is 0 Å². The van der Waals surface area contributed by atoms with Gasteiger partial charge in [0.05, 0.1) is 10.8 Å². The summed E-state index contributed by atoms with van der Waals surface area (Å²) < 4.78 is 0. The van der Waals surface area contributed by atoms with E-state index in [1.807, 2.05) is 0 Å². The van der Waals surface area contributed by atoms with Crippen LogP contribution in [-0.2, 0) is 4.79 Å². The Morgan fingerprint density at radius 1 is 1.27 bits per heavy atom. The van der Waals surface area contributed by atoms with Crippen LogP contribution in [0.4, 0.5) is 0 Å². The number of carbonyl (C=O) groups excluding carboxylic acids is 2. The van der Waals surface area contributed by atoms with Crippen molar-refractivity contribution in [3.05, 3.63) is 35.9 Å². The first-order valence-electron chi connectivity index (χ1n) is 4.37. The molecule has 0 saturated carbocycles. The second kappa shape index (κ2) is 5.14. The smallest absolute Gasteiger partial charge is 0.229 e. The number of hydrogen-bond acceptors (Lipinski definition) is 3. The maximum Gasteiger partial charge on any atom is 0.229 e. The van der Waals surface area contributed by atoms with Gasteiger partial charge in [0, 0.05) is 5.56 Å². The van der Waals surface area contributed by atoms with E-state index in [4.69, 9.17) is 23.8 Å². The molecule has 1 atom stereocenters. The van der Waals surface area contributed by atoms with E-state index in [2.05, 4.69) is 0 Å². The number of benzene rings is 1. The lowest BCUT2D eigenvalue weighted by Gasteiger charge is -2.06. The first-order chi connectivity index (χ1) is 7.04. The van der Waals surface area contributed by atoms with Crippen LogP contribution in [0.5, 0.6) is 0 Å². The molecule has 0 fully saturated rings. The first kappa shape index (κ1) is 12.0. The van der Waals surface area contributed by atoms with Crippen molar-refractivity contribution in [3.8, 4) is 0 Å². The van der Waals surface area contributed by atoms with E-state index in [9.17, 15) is 9.59 Å². The highest BCUT2D eigenvalue weighted by Crippen LogP contribution is 2.10. The molecule has 0 aliphatic carbocycles. The van der Waals surface area contributed by atoms with Crippen LogP contribution in [0.25, 0.3) is 0 Å². The Morgan fingerprint density at radius 2 is 1.80 bits per heavy atom. The number of ketones is 1. The number of hydrogen-bond donors (Lipinski definition) is 0. The summed E-state index contributed by atoms with van der Waals surface area (Å²) in [5.74, 6) is -1.03. The molecule has 1 aromatic carbocycles. The monoisotopic (exact) mass is 240 g/mol. The molecule has 0 aromatic heterocycles. The van der Waals surface area contributed by atoms with Crippen LogP contribution in [0.15, 0.2) is 30.3 Å². The van der Waals surface area contributed by atoms with Gasteiger partial charge in [0.2, 0.25) is 5.24 Å². The molecule has 0 heterocycles. The molecule has 0 N–H and O–H groups in total. The van der Waals surface area contributed by atoms with Crippen LogP contribution < -0.4 is 0 Å². The fourth-order valence-electron chi connectivity index (χ4n) is 1.03. The molecule has 78 valence electrons. The molecule has 0 amide bonds. The molecular formula is C11H9ClO2S. The quantitative estimate of drug-likeness (QED) is 0.461. The van der Waals surface area contributed by atoms with Gasteiger partial charge in [0.25, 0.3) is 0 Å². The largest absolute Gasteiger partial charge is 0.288 e. The third kappa shape index (κ3) is 2.94. The number of carbonyl (C=O) groups is 2. The van der Waals surface area contributed by atoms with Crippen molar-refractivity contribution >= 4 is 39.7 Å². The summed E-state index contributed by atoms with van der Waals surface area (Å²) in [5, 5.41) is -0.607. The third-order valence-electron chi connectivity index (χ3n) is 1.99. The minimum atomic E-state index is -0.714. The molecule has 0 spiro atoms. The van der Waals surface area contributed by atoms with Crippen LogP contribution in [0.3, 0.4) is 0 Å². The molecule has 0 radical (unpaired) electrons. The highest BCUT2D eigenvalue weighted by molar-refractivity contribution is 7.82. The van der Waals surface area contributed by atoms with E-state index in [1.54, 1.807) is 30.3 Å². The van der Waals surface area contributed by atoms with E-state index in [-0.39, 0.29) is 10.6 Å². The SMILES string of the molecule is CC(C(=O)Cl)C(=S)C(=O)c1ccccc1. The Balaban J connectivity index is 2.87. The van der Waals surface area contributed by atoms with Crippen LogP contribution in [0.2, 0.25) is 0 Å². The van der Waals surface area contributed by atoms with Gasteiger partial charge in [-0.15, -0.1) is 0 Å². The van der Waals surface area contributed by atoms with Crippen molar-refractivity contribution in [2.45, 2.75) is 6.92 Å². The lowest BCUT2D eigenvalue weighted by atomic mass is 10.0. The van der Waals surface area contributed by atoms with Gasteiger partial charge < -0.3 is 0 Å². The van der Waals surface area contributed by atoms with E-state index >= 15 is 0 Å². The zero-order valence-electron chi connectivity index (χ0n) is 8.07. The Labute approximate surface area is 98.2 Å². The summed E-state index contributed by atoms with van der Waals surface area (Å²) in [5.41, 5.74) is 0.479. The van der Waals surface area contributed by atoms with Crippen LogP contribution >= 0.6 is 23.8 Å². The van der Waals surface area contributed by atoms with Crippen molar-refractivity contribution < 1.29 is 9.59 Å². The molecule has 1 rings (SSSR count). The fraction of sp³-hybridized carbons (Fsp3) is 0.182. The lowest BCUT2D eigenvalue weighted by Crippen LogP contribution is -2.23. The van der Waals surface area contributed by atoms with Gasteiger partial charge in [0.15, 0.2) is 5.78 Å². The second-order valence-electron chi connectivity index (χ2n) is 3.09. The van der Waals surface area contributed by atoms with E-state index < -0.39 is 11.2 Å². The van der Waals surface area contributed by atoms with Crippen molar-refractivity contribution in [2.24, 2.45) is 5.92 Å². The summed E-state index contributed by atoms with van der Waals surface area (Å²) in [7, 11) is 0. The topological polar surface area (TPSA) is 34.1 Å². The van der Waals surface area contributed by atoms with E-state index in [0.717, 1.165) is 0 Å². The maximum atomic E-state index is 11.7. The molecule has 4 heteroatoms. The first-order valence-corrected chi connectivity index (χ1v) is 5.15. The maximum absolute atomic E-state index is 11.7. The molecule has 0 aliphatic rings. The zero-order chi connectivity index (χ0) is 11.4. The van der Waals surface area contributed by atoms with Gasteiger partial charge in [0.1, 0.15) is 0 Å². The number of halogens is 1.